The van der Waals surface area contributed by atoms with Crippen LogP contribution < -0.4 is 14.4 Å². The third-order valence-corrected chi connectivity index (χ3v) is 8.98. The molecule has 0 saturated heterocycles. The first kappa shape index (κ1) is 33.2. The molecule has 0 spiro atoms. The van der Waals surface area contributed by atoms with Crippen LogP contribution in [-0.2, 0) is 26.2 Å². The highest BCUT2D eigenvalue weighted by atomic mass is 32.2. The molecule has 0 bridgehead atoms. The molecule has 0 fully saturated rings. The Hall–Kier alpha value is -4.70. The normalized spacial score (nSPS) is 11.8. The highest BCUT2D eigenvalue weighted by molar-refractivity contribution is 7.92. The molecule has 10 heteroatoms. The van der Waals surface area contributed by atoms with E-state index in [9.17, 15) is 22.4 Å². The molecule has 0 heterocycles. The molecule has 45 heavy (non-hydrogen) atoms. The zero-order valence-corrected chi connectivity index (χ0v) is 26.5. The van der Waals surface area contributed by atoms with Crippen molar-refractivity contribution in [2.45, 2.75) is 51.1 Å². The Morgan fingerprint density at radius 3 is 2.07 bits per heavy atom. The lowest BCUT2D eigenvalue weighted by atomic mass is 10.1. The molecule has 0 unspecified atom stereocenters. The summed E-state index contributed by atoms with van der Waals surface area (Å²) in [5.41, 5.74) is 1.73. The maximum atomic E-state index is 14.2. The maximum absolute atomic E-state index is 14.2. The molecular weight excluding hydrogens is 593 g/mol. The second kappa shape index (κ2) is 15.3. The van der Waals surface area contributed by atoms with Gasteiger partial charge in [0.05, 0.1) is 10.6 Å². The van der Waals surface area contributed by atoms with Crippen molar-refractivity contribution in [2.24, 2.45) is 0 Å². The summed E-state index contributed by atoms with van der Waals surface area (Å²) in [4.78, 5) is 28.7. The first-order valence-corrected chi connectivity index (χ1v) is 16.3. The minimum Gasteiger partial charge on any atom is -0.457 e. The van der Waals surface area contributed by atoms with Crippen molar-refractivity contribution < 1.29 is 27.1 Å². The molecule has 0 radical (unpaired) electrons. The molecule has 0 saturated carbocycles. The van der Waals surface area contributed by atoms with Crippen molar-refractivity contribution >= 4 is 27.5 Å². The smallest absolute Gasteiger partial charge is 0.264 e. The van der Waals surface area contributed by atoms with E-state index >= 15 is 0 Å². The fourth-order valence-electron chi connectivity index (χ4n) is 4.74. The van der Waals surface area contributed by atoms with Gasteiger partial charge in [0.25, 0.3) is 10.0 Å². The number of aryl methyl sites for hydroxylation is 1. The number of carbonyl (C=O) groups excluding carboxylic acids is 2. The molecule has 0 aliphatic carbocycles. The van der Waals surface area contributed by atoms with Crippen LogP contribution in [0.25, 0.3) is 0 Å². The Balaban J connectivity index is 1.71. The van der Waals surface area contributed by atoms with Crippen LogP contribution in [0.15, 0.2) is 108 Å². The van der Waals surface area contributed by atoms with Crippen molar-refractivity contribution in [1.82, 2.24) is 10.2 Å². The van der Waals surface area contributed by atoms with Gasteiger partial charge in [-0.1, -0.05) is 61.9 Å². The zero-order chi connectivity index (χ0) is 32.4. The van der Waals surface area contributed by atoms with E-state index in [4.69, 9.17) is 4.74 Å². The molecule has 1 atom stereocenters. The Labute approximate surface area is 264 Å². The third kappa shape index (κ3) is 8.69. The number of halogens is 1. The molecule has 236 valence electrons. The van der Waals surface area contributed by atoms with Crippen molar-refractivity contribution in [1.29, 1.82) is 0 Å². The van der Waals surface area contributed by atoms with Gasteiger partial charge in [-0.05, 0) is 86.0 Å². The molecule has 0 aliphatic heterocycles. The summed E-state index contributed by atoms with van der Waals surface area (Å²) < 4.78 is 48.8. The summed E-state index contributed by atoms with van der Waals surface area (Å²) in [6, 6.07) is 26.7. The lowest BCUT2D eigenvalue weighted by Crippen LogP contribution is -2.52. The number of carbonyl (C=O) groups is 2. The van der Waals surface area contributed by atoms with Gasteiger partial charge < -0.3 is 15.0 Å². The molecule has 4 aromatic carbocycles. The predicted octanol–water partition coefficient (Wildman–Crippen LogP) is 6.46. The number of para-hydroxylation sites is 1. The molecule has 4 aromatic rings. The average molecular weight is 632 g/mol. The van der Waals surface area contributed by atoms with Crippen LogP contribution in [0.1, 0.15) is 37.8 Å². The second-order valence-electron chi connectivity index (χ2n) is 10.6. The largest absolute Gasteiger partial charge is 0.457 e. The lowest BCUT2D eigenvalue weighted by Gasteiger charge is -2.33. The van der Waals surface area contributed by atoms with Crippen LogP contribution in [0.3, 0.4) is 0 Å². The lowest BCUT2D eigenvalue weighted by molar-refractivity contribution is -0.140. The van der Waals surface area contributed by atoms with Crippen LogP contribution in [0, 0.1) is 12.7 Å². The fourth-order valence-corrected chi connectivity index (χ4v) is 6.16. The SMILES string of the molecule is CCCNC(=O)[C@H](CC)N(Cc1ccc(F)cc1)C(=O)CN(c1ccc(Oc2ccccc2)cc1)S(=O)(=O)c1ccc(C)cc1. The molecule has 1 N–H and O–H groups in total. The molecule has 2 amide bonds. The minimum absolute atomic E-state index is 0.0144. The summed E-state index contributed by atoms with van der Waals surface area (Å²) in [7, 11) is -4.22. The Morgan fingerprint density at radius 1 is 0.844 bits per heavy atom. The number of amides is 2. The van der Waals surface area contributed by atoms with E-state index in [-0.39, 0.29) is 23.0 Å². The van der Waals surface area contributed by atoms with Gasteiger partial charge in [-0.15, -0.1) is 0 Å². The van der Waals surface area contributed by atoms with E-state index in [1.807, 2.05) is 32.0 Å². The number of nitrogens with one attached hydrogen (secondary N) is 1. The molecular formula is C35H38FN3O5S. The summed E-state index contributed by atoms with van der Waals surface area (Å²) in [5, 5.41) is 2.85. The first-order chi connectivity index (χ1) is 21.6. The number of ether oxygens (including phenoxy) is 1. The number of sulfonamides is 1. The number of hydrogen-bond donors (Lipinski definition) is 1. The van der Waals surface area contributed by atoms with Gasteiger partial charge in [0, 0.05) is 13.1 Å². The second-order valence-corrected chi connectivity index (χ2v) is 12.5. The Morgan fingerprint density at radius 2 is 1.47 bits per heavy atom. The number of anilines is 1. The highest BCUT2D eigenvalue weighted by Gasteiger charge is 2.33. The van der Waals surface area contributed by atoms with Gasteiger partial charge >= 0.3 is 0 Å². The average Bonchev–Trinajstić information content (AvgIpc) is 3.04. The minimum atomic E-state index is -4.22. The molecule has 8 nitrogen and oxygen atoms in total. The molecule has 4 rings (SSSR count). The molecule has 0 aliphatic rings. The zero-order valence-electron chi connectivity index (χ0n) is 25.6. The first-order valence-electron chi connectivity index (χ1n) is 14.9. The summed E-state index contributed by atoms with van der Waals surface area (Å²) in [5.74, 6) is -0.254. The number of rotatable bonds is 14. The van der Waals surface area contributed by atoms with Crippen molar-refractivity contribution in [3.8, 4) is 11.5 Å². The Kier molecular flexibility index (Phi) is 11.3. The summed E-state index contributed by atoms with van der Waals surface area (Å²) in [6.45, 7) is 5.40. The van der Waals surface area contributed by atoms with E-state index in [1.165, 1.54) is 29.2 Å². The topological polar surface area (TPSA) is 96.0 Å². The van der Waals surface area contributed by atoms with Crippen LogP contribution in [-0.4, -0.2) is 44.3 Å². The fraction of sp³-hybridized carbons (Fsp3) is 0.257. The van der Waals surface area contributed by atoms with Crippen LogP contribution in [0.2, 0.25) is 0 Å². The quantitative estimate of drug-likeness (QED) is 0.173. The maximum Gasteiger partial charge on any atom is 0.264 e. The number of benzene rings is 4. The highest BCUT2D eigenvalue weighted by Crippen LogP contribution is 2.29. The van der Waals surface area contributed by atoms with E-state index < -0.39 is 34.3 Å². The van der Waals surface area contributed by atoms with E-state index in [1.54, 1.807) is 67.6 Å². The van der Waals surface area contributed by atoms with E-state index in [0.29, 0.717) is 36.4 Å². The van der Waals surface area contributed by atoms with Crippen molar-refractivity contribution in [2.75, 3.05) is 17.4 Å². The van der Waals surface area contributed by atoms with Gasteiger partial charge in [-0.3, -0.25) is 13.9 Å². The van der Waals surface area contributed by atoms with Crippen LogP contribution in [0.4, 0.5) is 10.1 Å². The number of hydrogen-bond acceptors (Lipinski definition) is 5. The van der Waals surface area contributed by atoms with E-state index in [0.717, 1.165) is 9.87 Å². The van der Waals surface area contributed by atoms with Gasteiger partial charge in [0.15, 0.2) is 0 Å². The van der Waals surface area contributed by atoms with Crippen LogP contribution in [0.5, 0.6) is 11.5 Å². The van der Waals surface area contributed by atoms with Gasteiger partial charge in [0.2, 0.25) is 11.8 Å². The third-order valence-electron chi connectivity index (χ3n) is 7.19. The van der Waals surface area contributed by atoms with Gasteiger partial charge in [-0.2, -0.15) is 0 Å². The monoisotopic (exact) mass is 631 g/mol. The van der Waals surface area contributed by atoms with Gasteiger partial charge in [-0.25, -0.2) is 12.8 Å². The predicted molar refractivity (Wildman–Crippen MR) is 173 cm³/mol. The van der Waals surface area contributed by atoms with Crippen LogP contribution >= 0.6 is 0 Å². The van der Waals surface area contributed by atoms with Crippen molar-refractivity contribution in [3.63, 3.8) is 0 Å². The molecule has 0 aromatic heterocycles. The standard InChI is InChI=1S/C35H38FN3O5S/c1-4-23-37-35(41)33(5-2)38(24-27-13-15-28(36)16-14-27)34(40)25-39(45(42,43)32-21-11-26(3)12-22-32)29-17-19-31(20-18-29)44-30-9-7-6-8-10-30/h6-22,33H,4-5,23-25H2,1-3H3,(H,37,41)/t33-/m0/s1. The summed E-state index contributed by atoms with van der Waals surface area (Å²) >= 11 is 0. The Bertz CT molecular complexity index is 1660. The van der Waals surface area contributed by atoms with E-state index in [2.05, 4.69) is 5.32 Å². The van der Waals surface area contributed by atoms with Crippen molar-refractivity contribution in [3.05, 3.63) is 120 Å². The summed E-state index contributed by atoms with van der Waals surface area (Å²) in [6.07, 6.45) is 0.999. The van der Waals surface area contributed by atoms with Gasteiger partial charge in [0.1, 0.15) is 29.9 Å². The number of nitrogens with zero attached hydrogens (tertiary/aromatic N) is 2.